The van der Waals surface area contributed by atoms with E-state index in [2.05, 4.69) is 10.0 Å². The average Bonchev–Trinajstić information content (AvgIpc) is 3.31. The minimum atomic E-state index is -3.85. The number of ether oxygens (including phenoxy) is 1. The Morgan fingerprint density at radius 1 is 1.00 bits per heavy atom. The molecule has 1 aromatic heterocycles. The second-order valence-corrected chi connectivity index (χ2v) is 9.47. The standard InChI is InChI=1S/C22H22N2O5S2/c1-2-29-22(26)17-10-12-18(13-11-17)23-21(25)19(15-16-7-4-3-5-8-16)24-31(27,28)20-9-6-14-30-20/h3-14,19,24H,2,15H2,1H3,(H,23,25). The summed E-state index contributed by atoms with van der Waals surface area (Å²) in [7, 11) is -3.85. The van der Waals surface area contributed by atoms with E-state index in [0.29, 0.717) is 11.3 Å². The highest BCUT2D eigenvalue weighted by Gasteiger charge is 2.27. The number of rotatable bonds is 9. The fourth-order valence-corrected chi connectivity index (χ4v) is 5.04. The van der Waals surface area contributed by atoms with Crippen molar-refractivity contribution in [3.05, 3.63) is 83.2 Å². The lowest BCUT2D eigenvalue weighted by atomic mass is 10.1. The molecule has 31 heavy (non-hydrogen) atoms. The maximum atomic E-state index is 13.0. The number of hydrogen-bond acceptors (Lipinski definition) is 6. The molecule has 7 nitrogen and oxygen atoms in total. The van der Waals surface area contributed by atoms with Gasteiger partial charge in [-0.25, -0.2) is 13.2 Å². The van der Waals surface area contributed by atoms with Crippen LogP contribution in [0.2, 0.25) is 0 Å². The van der Waals surface area contributed by atoms with Crippen molar-refractivity contribution < 1.29 is 22.7 Å². The van der Waals surface area contributed by atoms with Crippen LogP contribution < -0.4 is 10.0 Å². The van der Waals surface area contributed by atoms with E-state index in [0.717, 1.165) is 16.9 Å². The van der Waals surface area contributed by atoms with Gasteiger partial charge in [0.1, 0.15) is 10.3 Å². The highest BCUT2D eigenvalue weighted by Crippen LogP contribution is 2.18. The summed E-state index contributed by atoms with van der Waals surface area (Å²) in [4.78, 5) is 24.7. The molecule has 1 amide bonds. The summed E-state index contributed by atoms with van der Waals surface area (Å²) in [6, 6.07) is 17.5. The van der Waals surface area contributed by atoms with Gasteiger partial charge in [0.05, 0.1) is 12.2 Å². The largest absolute Gasteiger partial charge is 0.462 e. The van der Waals surface area contributed by atoms with Crippen molar-refractivity contribution in [2.45, 2.75) is 23.6 Å². The van der Waals surface area contributed by atoms with Crippen LogP contribution in [-0.2, 0) is 26.0 Å². The third kappa shape index (κ3) is 6.24. The van der Waals surface area contributed by atoms with Crippen LogP contribution in [-0.4, -0.2) is 32.9 Å². The molecular formula is C22H22N2O5S2. The molecule has 0 aliphatic carbocycles. The van der Waals surface area contributed by atoms with Gasteiger partial charge in [-0.05, 0) is 54.6 Å². The zero-order chi connectivity index (χ0) is 22.3. The highest BCUT2D eigenvalue weighted by atomic mass is 32.2. The van der Waals surface area contributed by atoms with Crippen molar-refractivity contribution in [2.75, 3.05) is 11.9 Å². The lowest BCUT2D eigenvalue weighted by Crippen LogP contribution is -2.45. The van der Waals surface area contributed by atoms with Crippen LogP contribution in [0.1, 0.15) is 22.8 Å². The third-order valence-electron chi connectivity index (χ3n) is 4.32. The van der Waals surface area contributed by atoms with Gasteiger partial charge in [0.15, 0.2) is 0 Å². The number of sulfonamides is 1. The van der Waals surface area contributed by atoms with E-state index in [1.165, 1.54) is 18.2 Å². The van der Waals surface area contributed by atoms with Crippen molar-refractivity contribution >= 4 is 38.9 Å². The van der Waals surface area contributed by atoms with Crippen LogP contribution in [0.3, 0.4) is 0 Å². The molecule has 2 aromatic carbocycles. The fourth-order valence-electron chi connectivity index (χ4n) is 2.83. The van der Waals surface area contributed by atoms with E-state index in [9.17, 15) is 18.0 Å². The Labute approximate surface area is 185 Å². The number of esters is 1. The average molecular weight is 459 g/mol. The molecular weight excluding hydrogens is 436 g/mol. The van der Waals surface area contributed by atoms with Gasteiger partial charge in [0, 0.05) is 5.69 Å². The first-order valence-corrected chi connectivity index (χ1v) is 11.9. The van der Waals surface area contributed by atoms with Crippen LogP contribution in [0.5, 0.6) is 0 Å². The second-order valence-electron chi connectivity index (χ2n) is 6.58. The number of nitrogens with one attached hydrogen (secondary N) is 2. The Bertz CT molecular complexity index is 1110. The van der Waals surface area contributed by atoms with Crippen LogP contribution in [0.4, 0.5) is 5.69 Å². The van der Waals surface area contributed by atoms with Gasteiger partial charge in [-0.1, -0.05) is 36.4 Å². The Balaban J connectivity index is 1.78. The summed E-state index contributed by atoms with van der Waals surface area (Å²) < 4.78 is 33.0. The van der Waals surface area contributed by atoms with Crippen molar-refractivity contribution in [2.24, 2.45) is 0 Å². The fraction of sp³-hybridized carbons (Fsp3) is 0.182. The molecule has 0 bridgehead atoms. The highest BCUT2D eigenvalue weighted by molar-refractivity contribution is 7.91. The monoisotopic (exact) mass is 458 g/mol. The Kier molecular flexibility index (Phi) is 7.56. The first-order chi connectivity index (χ1) is 14.9. The Morgan fingerprint density at radius 3 is 2.32 bits per heavy atom. The second kappa shape index (κ2) is 10.3. The lowest BCUT2D eigenvalue weighted by molar-refractivity contribution is -0.117. The predicted octanol–water partition coefficient (Wildman–Crippen LogP) is 3.45. The number of thiophene rings is 1. The summed E-state index contributed by atoms with van der Waals surface area (Å²) in [6.07, 6.45) is 0.179. The van der Waals surface area contributed by atoms with Crippen LogP contribution in [0.15, 0.2) is 76.3 Å². The quantitative estimate of drug-likeness (QED) is 0.478. The van der Waals surface area contributed by atoms with E-state index >= 15 is 0 Å². The summed E-state index contributed by atoms with van der Waals surface area (Å²) in [5.74, 6) is -0.959. The number of amides is 1. The minimum Gasteiger partial charge on any atom is -0.462 e. The Morgan fingerprint density at radius 2 is 1.71 bits per heavy atom. The van der Waals surface area contributed by atoms with E-state index in [4.69, 9.17) is 4.74 Å². The van der Waals surface area contributed by atoms with Gasteiger partial charge < -0.3 is 10.1 Å². The predicted molar refractivity (Wildman–Crippen MR) is 120 cm³/mol. The number of carbonyl (C=O) groups is 2. The minimum absolute atomic E-state index is 0.136. The molecule has 1 heterocycles. The molecule has 0 saturated heterocycles. The molecule has 1 unspecified atom stereocenters. The normalized spacial score (nSPS) is 12.2. The molecule has 0 radical (unpaired) electrons. The maximum Gasteiger partial charge on any atom is 0.338 e. The summed E-state index contributed by atoms with van der Waals surface area (Å²) in [5, 5.41) is 4.37. The van der Waals surface area contributed by atoms with Gasteiger partial charge in [0.2, 0.25) is 5.91 Å². The Hall–Kier alpha value is -3.01. The number of carbonyl (C=O) groups excluding carboxylic acids is 2. The van der Waals surface area contributed by atoms with E-state index in [-0.39, 0.29) is 17.2 Å². The topological polar surface area (TPSA) is 102 Å². The summed E-state index contributed by atoms with van der Waals surface area (Å²) in [6.45, 7) is 1.99. The van der Waals surface area contributed by atoms with Crippen molar-refractivity contribution in [3.8, 4) is 0 Å². The molecule has 3 aromatic rings. The van der Waals surface area contributed by atoms with Gasteiger partial charge in [-0.15, -0.1) is 11.3 Å². The molecule has 0 aliphatic rings. The third-order valence-corrected chi connectivity index (χ3v) is 7.19. The zero-order valence-corrected chi connectivity index (χ0v) is 18.4. The smallest absolute Gasteiger partial charge is 0.338 e. The molecule has 162 valence electrons. The molecule has 0 fully saturated rings. The van der Waals surface area contributed by atoms with Crippen molar-refractivity contribution in [1.29, 1.82) is 0 Å². The summed E-state index contributed by atoms with van der Waals surface area (Å²) in [5.41, 5.74) is 1.61. The molecule has 0 aliphatic heterocycles. The molecule has 3 rings (SSSR count). The molecule has 1 atom stereocenters. The summed E-state index contributed by atoms with van der Waals surface area (Å²) >= 11 is 1.08. The first-order valence-electron chi connectivity index (χ1n) is 9.57. The van der Waals surface area contributed by atoms with E-state index in [1.54, 1.807) is 30.5 Å². The number of benzene rings is 2. The van der Waals surface area contributed by atoms with Crippen molar-refractivity contribution in [3.63, 3.8) is 0 Å². The molecule has 9 heteroatoms. The van der Waals surface area contributed by atoms with Crippen LogP contribution in [0, 0.1) is 0 Å². The molecule has 0 spiro atoms. The maximum absolute atomic E-state index is 13.0. The molecule has 0 saturated carbocycles. The lowest BCUT2D eigenvalue weighted by Gasteiger charge is -2.18. The van der Waals surface area contributed by atoms with Gasteiger partial charge >= 0.3 is 5.97 Å². The molecule has 2 N–H and O–H groups in total. The SMILES string of the molecule is CCOC(=O)c1ccc(NC(=O)C(Cc2ccccc2)NS(=O)(=O)c2cccs2)cc1. The van der Waals surface area contributed by atoms with Crippen molar-refractivity contribution in [1.82, 2.24) is 4.72 Å². The zero-order valence-electron chi connectivity index (χ0n) is 16.8. The number of hydrogen-bond donors (Lipinski definition) is 2. The first kappa shape index (κ1) is 22.7. The van der Waals surface area contributed by atoms with Gasteiger partial charge in [0.25, 0.3) is 10.0 Å². The van der Waals surface area contributed by atoms with Gasteiger partial charge in [-0.3, -0.25) is 4.79 Å². The van der Waals surface area contributed by atoms with Crippen LogP contribution >= 0.6 is 11.3 Å². The van der Waals surface area contributed by atoms with E-state index < -0.39 is 27.9 Å². The van der Waals surface area contributed by atoms with Crippen LogP contribution in [0.25, 0.3) is 0 Å². The van der Waals surface area contributed by atoms with E-state index in [1.807, 2.05) is 30.3 Å². The van der Waals surface area contributed by atoms with Gasteiger partial charge in [-0.2, -0.15) is 4.72 Å². The number of anilines is 1.